The van der Waals surface area contributed by atoms with Crippen molar-refractivity contribution < 1.29 is 4.74 Å². The molecule has 0 aliphatic rings. The highest BCUT2D eigenvalue weighted by atomic mass is 16.5. The second-order valence-corrected chi connectivity index (χ2v) is 6.50. The van der Waals surface area contributed by atoms with Crippen LogP contribution in [0.2, 0.25) is 0 Å². The van der Waals surface area contributed by atoms with Crippen molar-refractivity contribution in [1.29, 1.82) is 5.26 Å². The first-order chi connectivity index (χ1) is 14.8. The van der Waals surface area contributed by atoms with Gasteiger partial charge in [0.05, 0.1) is 11.6 Å². The third-order valence-corrected chi connectivity index (χ3v) is 4.30. The summed E-state index contributed by atoms with van der Waals surface area (Å²) in [5, 5.41) is 15.3. The molecular weight excluding hydrogens is 374 g/mol. The Bertz CT molecular complexity index is 1140. The third kappa shape index (κ3) is 5.12. The van der Waals surface area contributed by atoms with Crippen LogP contribution >= 0.6 is 0 Å². The van der Waals surface area contributed by atoms with E-state index < -0.39 is 0 Å². The third-order valence-electron chi connectivity index (χ3n) is 4.30. The number of hydrogen-bond donors (Lipinski definition) is 2. The topological polar surface area (TPSA) is 82.9 Å². The molecule has 0 radical (unpaired) electrons. The van der Waals surface area contributed by atoms with E-state index in [4.69, 9.17) is 10.00 Å². The molecule has 0 saturated heterocycles. The van der Waals surface area contributed by atoms with Crippen LogP contribution in [0.1, 0.15) is 11.1 Å². The number of rotatable bonds is 7. The van der Waals surface area contributed by atoms with Gasteiger partial charge in [0.1, 0.15) is 18.2 Å². The number of hydrogen-bond acceptors (Lipinski definition) is 6. The highest BCUT2D eigenvalue weighted by Crippen LogP contribution is 2.21. The van der Waals surface area contributed by atoms with Crippen LogP contribution in [-0.4, -0.2) is 9.97 Å². The molecule has 0 saturated carbocycles. The fraction of sp³-hybridized carbons (Fsp3) is 0.0417. The monoisotopic (exact) mass is 393 g/mol. The van der Waals surface area contributed by atoms with E-state index >= 15 is 0 Å². The highest BCUT2D eigenvalue weighted by Gasteiger charge is 2.03. The van der Waals surface area contributed by atoms with E-state index in [1.54, 1.807) is 24.4 Å². The average Bonchev–Trinajstić information content (AvgIpc) is 2.80. The Morgan fingerprint density at radius 2 is 1.50 bits per heavy atom. The Hall–Kier alpha value is -4.37. The largest absolute Gasteiger partial charge is 0.489 e. The van der Waals surface area contributed by atoms with E-state index in [0.29, 0.717) is 23.9 Å². The number of anilines is 4. The molecule has 2 N–H and O–H groups in total. The first-order valence-corrected chi connectivity index (χ1v) is 9.42. The molecule has 0 spiro atoms. The van der Waals surface area contributed by atoms with Crippen molar-refractivity contribution >= 4 is 23.1 Å². The second kappa shape index (κ2) is 9.22. The molecule has 1 heterocycles. The van der Waals surface area contributed by atoms with Crippen LogP contribution < -0.4 is 15.4 Å². The molecule has 0 amide bonds. The first kappa shape index (κ1) is 19.0. The predicted octanol–water partition coefficient (Wildman–Crippen LogP) is 5.41. The zero-order valence-corrected chi connectivity index (χ0v) is 16.1. The Labute approximate surface area is 174 Å². The van der Waals surface area contributed by atoms with Gasteiger partial charge in [-0.15, -0.1) is 0 Å². The summed E-state index contributed by atoms with van der Waals surface area (Å²) < 4.78 is 5.81. The van der Waals surface area contributed by atoms with Crippen LogP contribution in [0.3, 0.4) is 0 Å². The molecule has 1 aromatic heterocycles. The molecule has 0 unspecified atom stereocenters. The number of nitrogens with zero attached hydrogens (tertiary/aromatic N) is 3. The van der Waals surface area contributed by atoms with Crippen molar-refractivity contribution in [3.63, 3.8) is 0 Å². The van der Waals surface area contributed by atoms with Gasteiger partial charge in [-0.1, -0.05) is 30.3 Å². The standard InChI is InChI=1S/C24H19N5O/c25-16-18-6-8-20(9-7-18)27-23-14-15-26-24(29-23)28-21-10-12-22(13-11-21)30-17-19-4-2-1-3-5-19/h1-15H,17H2,(H2,26,27,28,29). The minimum absolute atomic E-state index is 0.478. The molecule has 0 fully saturated rings. The number of aromatic nitrogens is 2. The number of nitriles is 1. The molecule has 146 valence electrons. The molecule has 0 aliphatic heterocycles. The van der Waals surface area contributed by atoms with Crippen LogP contribution in [-0.2, 0) is 6.61 Å². The molecule has 4 rings (SSSR count). The zero-order valence-electron chi connectivity index (χ0n) is 16.1. The quantitative estimate of drug-likeness (QED) is 0.437. The molecule has 4 aromatic rings. The molecule has 0 atom stereocenters. The molecular formula is C24H19N5O. The van der Waals surface area contributed by atoms with E-state index in [2.05, 4.69) is 26.7 Å². The molecule has 6 heteroatoms. The maximum Gasteiger partial charge on any atom is 0.229 e. The maximum atomic E-state index is 8.89. The van der Waals surface area contributed by atoms with Crippen molar-refractivity contribution in [2.45, 2.75) is 6.61 Å². The van der Waals surface area contributed by atoms with Gasteiger partial charge < -0.3 is 15.4 Å². The summed E-state index contributed by atoms with van der Waals surface area (Å²) in [4.78, 5) is 8.74. The zero-order chi connectivity index (χ0) is 20.6. The molecule has 30 heavy (non-hydrogen) atoms. The SMILES string of the molecule is N#Cc1ccc(Nc2ccnc(Nc3ccc(OCc4ccccc4)cc3)n2)cc1. The smallest absolute Gasteiger partial charge is 0.229 e. The van der Waals surface area contributed by atoms with Gasteiger partial charge in [0, 0.05) is 17.6 Å². The predicted molar refractivity (Wildman–Crippen MR) is 117 cm³/mol. The van der Waals surface area contributed by atoms with E-state index in [9.17, 15) is 0 Å². The minimum atomic E-state index is 0.478. The van der Waals surface area contributed by atoms with Crippen LogP contribution in [0, 0.1) is 11.3 Å². The molecule has 0 aliphatic carbocycles. The Morgan fingerprint density at radius 3 is 2.23 bits per heavy atom. The van der Waals surface area contributed by atoms with Crippen LogP contribution in [0.15, 0.2) is 91.1 Å². The summed E-state index contributed by atoms with van der Waals surface area (Å²) in [5.41, 5.74) is 3.44. The van der Waals surface area contributed by atoms with Gasteiger partial charge in [-0.3, -0.25) is 0 Å². The van der Waals surface area contributed by atoms with Crippen LogP contribution in [0.5, 0.6) is 5.75 Å². The van der Waals surface area contributed by atoms with Crippen LogP contribution in [0.25, 0.3) is 0 Å². The normalized spacial score (nSPS) is 10.1. The van der Waals surface area contributed by atoms with E-state index in [1.165, 1.54) is 0 Å². The van der Waals surface area contributed by atoms with Crippen molar-refractivity contribution in [3.8, 4) is 11.8 Å². The molecule has 6 nitrogen and oxygen atoms in total. The number of nitrogens with one attached hydrogen (secondary N) is 2. The highest BCUT2D eigenvalue weighted by molar-refractivity contribution is 5.60. The number of ether oxygens (including phenoxy) is 1. The lowest BCUT2D eigenvalue weighted by atomic mass is 10.2. The van der Waals surface area contributed by atoms with Gasteiger partial charge in [0.2, 0.25) is 5.95 Å². The van der Waals surface area contributed by atoms with E-state index in [1.807, 2.05) is 66.7 Å². The lowest BCUT2D eigenvalue weighted by molar-refractivity contribution is 0.306. The molecule has 0 bridgehead atoms. The summed E-state index contributed by atoms with van der Waals surface area (Å²) in [5.74, 6) is 1.92. The van der Waals surface area contributed by atoms with Gasteiger partial charge in [0.15, 0.2) is 0 Å². The van der Waals surface area contributed by atoms with Gasteiger partial charge >= 0.3 is 0 Å². The van der Waals surface area contributed by atoms with Crippen molar-refractivity contribution in [2.75, 3.05) is 10.6 Å². The van der Waals surface area contributed by atoms with Crippen molar-refractivity contribution in [2.24, 2.45) is 0 Å². The Kier molecular flexibility index (Phi) is 5.83. The summed E-state index contributed by atoms with van der Waals surface area (Å²) in [6.07, 6.45) is 1.68. The van der Waals surface area contributed by atoms with Gasteiger partial charge in [-0.2, -0.15) is 10.2 Å². The Morgan fingerprint density at radius 1 is 0.800 bits per heavy atom. The lowest BCUT2D eigenvalue weighted by Gasteiger charge is -2.10. The van der Waals surface area contributed by atoms with E-state index in [-0.39, 0.29) is 0 Å². The lowest BCUT2D eigenvalue weighted by Crippen LogP contribution is -2.00. The number of benzene rings is 3. The summed E-state index contributed by atoms with van der Waals surface area (Å²) >= 11 is 0. The van der Waals surface area contributed by atoms with Gasteiger partial charge in [0.25, 0.3) is 0 Å². The van der Waals surface area contributed by atoms with E-state index in [0.717, 1.165) is 22.7 Å². The van der Waals surface area contributed by atoms with Gasteiger partial charge in [-0.05, 0) is 60.2 Å². The van der Waals surface area contributed by atoms with Crippen LogP contribution in [0.4, 0.5) is 23.1 Å². The van der Waals surface area contributed by atoms with Crippen molar-refractivity contribution in [3.05, 3.63) is 102 Å². The molecule has 3 aromatic carbocycles. The fourth-order valence-electron chi connectivity index (χ4n) is 2.77. The van der Waals surface area contributed by atoms with Gasteiger partial charge in [-0.25, -0.2) is 4.98 Å². The second-order valence-electron chi connectivity index (χ2n) is 6.50. The summed E-state index contributed by atoms with van der Waals surface area (Å²) in [6, 6.07) is 28.8. The summed E-state index contributed by atoms with van der Waals surface area (Å²) in [6.45, 7) is 0.528. The Balaban J connectivity index is 1.36. The summed E-state index contributed by atoms with van der Waals surface area (Å²) in [7, 11) is 0. The van der Waals surface area contributed by atoms with Crippen molar-refractivity contribution in [1.82, 2.24) is 9.97 Å². The maximum absolute atomic E-state index is 8.89. The average molecular weight is 393 g/mol. The fourth-order valence-corrected chi connectivity index (χ4v) is 2.77. The minimum Gasteiger partial charge on any atom is -0.489 e. The first-order valence-electron chi connectivity index (χ1n) is 9.42.